The summed E-state index contributed by atoms with van der Waals surface area (Å²) in [6.07, 6.45) is 1.67. The van der Waals surface area contributed by atoms with Crippen molar-refractivity contribution < 1.29 is 9.53 Å². The lowest BCUT2D eigenvalue weighted by Crippen LogP contribution is -2.13. The number of nitrogens with zero attached hydrogens (tertiary/aromatic N) is 1. The maximum absolute atomic E-state index is 12.4. The van der Waals surface area contributed by atoms with Crippen LogP contribution in [-0.4, -0.2) is 18.0 Å². The number of ether oxygens (including phenoxy) is 1. The van der Waals surface area contributed by atoms with E-state index < -0.39 is 0 Å². The number of benzene rings is 2. The zero-order chi connectivity index (χ0) is 19.2. The summed E-state index contributed by atoms with van der Waals surface area (Å²) in [4.78, 5) is 16.6. The number of amides is 1. The Hall–Kier alpha value is -3.34. The minimum absolute atomic E-state index is 0.255. The summed E-state index contributed by atoms with van der Waals surface area (Å²) in [5.74, 6) is 0.897. The Labute approximate surface area is 159 Å². The van der Waals surface area contributed by atoms with E-state index in [1.54, 1.807) is 43.6 Å². The van der Waals surface area contributed by atoms with Gasteiger partial charge in [0.1, 0.15) is 11.4 Å². The van der Waals surface area contributed by atoms with Gasteiger partial charge in [-0.2, -0.15) is 0 Å². The summed E-state index contributed by atoms with van der Waals surface area (Å²) in [6.45, 7) is 4.32. The Kier molecular flexibility index (Phi) is 5.71. The molecule has 2 N–H and O–H groups in total. The fourth-order valence-electron chi connectivity index (χ4n) is 2.74. The van der Waals surface area contributed by atoms with Gasteiger partial charge in [0.25, 0.3) is 5.91 Å². The summed E-state index contributed by atoms with van der Waals surface area (Å²) in [5.41, 5.74) is 4.16. The van der Waals surface area contributed by atoms with Crippen molar-refractivity contribution in [3.63, 3.8) is 0 Å². The molecule has 0 saturated carbocycles. The highest BCUT2D eigenvalue weighted by atomic mass is 16.5. The fraction of sp³-hybridized carbons (Fsp3) is 0.182. The maximum atomic E-state index is 12.4. The molecule has 0 unspecified atom stereocenters. The number of anilines is 3. The number of hydrogen-bond acceptors (Lipinski definition) is 4. The van der Waals surface area contributed by atoms with Gasteiger partial charge in [0.2, 0.25) is 0 Å². The van der Waals surface area contributed by atoms with E-state index in [0.717, 1.165) is 17.1 Å². The first-order valence-corrected chi connectivity index (χ1v) is 8.84. The molecule has 0 atom stereocenters. The van der Waals surface area contributed by atoms with Gasteiger partial charge in [-0.3, -0.25) is 4.79 Å². The Morgan fingerprint density at radius 3 is 2.30 bits per heavy atom. The molecule has 0 spiro atoms. The van der Waals surface area contributed by atoms with Crippen LogP contribution in [-0.2, 0) is 0 Å². The van der Waals surface area contributed by atoms with Crippen LogP contribution in [0.4, 0.5) is 17.1 Å². The number of nitrogens with one attached hydrogen (secondary N) is 2. The average molecular weight is 361 g/mol. The molecule has 5 heteroatoms. The molecular weight excluding hydrogens is 338 g/mol. The first kappa shape index (κ1) is 18.5. The van der Waals surface area contributed by atoms with Crippen LogP contribution in [0, 0.1) is 0 Å². The largest absolute Gasteiger partial charge is 0.497 e. The SMILES string of the molecule is COc1ccc(NC(=O)c2ccc(Nc3ccccc3C(C)C)cn2)cc1. The van der Waals surface area contributed by atoms with Crippen LogP contribution < -0.4 is 15.4 Å². The normalized spacial score (nSPS) is 10.5. The first-order valence-electron chi connectivity index (χ1n) is 8.84. The molecule has 0 radical (unpaired) electrons. The van der Waals surface area contributed by atoms with Crippen LogP contribution in [0.25, 0.3) is 0 Å². The van der Waals surface area contributed by atoms with Gasteiger partial charge >= 0.3 is 0 Å². The molecule has 3 aromatic rings. The standard InChI is InChI=1S/C22H23N3O2/c1-15(2)19-6-4-5-7-20(19)24-17-10-13-21(23-14-17)22(26)25-16-8-11-18(27-3)12-9-16/h4-15,24H,1-3H3,(H,25,26). The zero-order valence-electron chi connectivity index (χ0n) is 15.7. The monoisotopic (exact) mass is 361 g/mol. The van der Waals surface area contributed by atoms with E-state index in [1.807, 2.05) is 24.3 Å². The lowest BCUT2D eigenvalue weighted by atomic mass is 10.0. The van der Waals surface area contributed by atoms with Crippen LogP contribution in [0.15, 0.2) is 66.9 Å². The Balaban J connectivity index is 1.68. The van der Waals surface area contributed by atoms with Crippen LogP contribution in [0.3, 0.4) is 0 Å². The second-order valence-corrected chi connectivity index (χ2v) is 6.48. The number of methoxy groups -OCH3 is 1. The number of carbonyl (C=O) groups is 1. The molecule has 1 heterocycles. The average Bonchev–Trinajstić information content (AvgIpc) is 2.69. The molecular formula is C22H23N3O2. The summed E-state index contributed by atoms with van der Waals surface area (Å²) < 4.78 is 5.11. The molecule has 0 aliphatic heterocycles. The summed E-state index contributed by atoms with van der Waals surface area (Å²) in [7, 11) is 1.60. The number of hydrogen-bond donors (Lipinski definition) is 2. The van der Waals surface area contributed by atoms with Gasteiger partial charge in [0, 0.05) is 11.4 Å². The zero-order valence-corrected chi connectivity index (χ0v) is 15.7. The molecule has 0 aliphatic rings. The molecule has 1 aromatic heterocycles. The van der Waals surface area contributed by atoms with E-state index in [-0.39, 0.29) is 5.91 Å². The topological polar surface area (TPSA) is 63.2 Å². The minimum atomic E-state index is -0.255. The number of para-hydroxylation sites is 1. The predicted octanol–water partition coefficient (Wildman–Crippen LogP) is 5.21. The van der Waals surface area contributed by atoms with Crippen molar-refractivity contribution in [1.29, 1.82) is 0 Å². The molecule has 1 amide bonds. The third-order valence-electron chi connectivity index (χ3n) is 4.21. The van der Waals surface area contributed by atoms with Crippen molar-refractivity contribution in [2.45, 2.75) is 19.8 Å². The van der Waals surface area contributed by atoms with E-state index in [9.17, 15) is 4.79 Å². The van der Waals surface area contributed by atoms with E-state index in [2.05, 4.69) is 35.5 Å². The molecule has 0 saturated heterocycles. The van der Waals surface area contributed by atoms with Crippen molar-refractivity contribution in [3.8, 4) is 5.75 Å². The van der Waals surface area contributed by atoms with Crippen molar-refractivity contribution in [2.24, 2.45) is 0 Å². The van der Waals surface area contributed by atoms with Gasteiger partial charge < -0.3 is 15.4 Å². The molecule has 27 heavy (non-hydrogen) atoms. The quantitative estimate of drug-likeness (QED) is 0.633. The van der Waals surface area contributed by atoms with E-state index in [4.69, 9.17) is 4.74 Å². The highest BCUT2D eigenvalue weighted by Crippen LogP contribution is 2.26. The van der Waals surface area contributed by atoms with Crippen molar-refractivity contribution >= 4 is 23.0 Å². The molecule has 5 nitrogen and oxygen atoms in total. The Morgan fingerprint density at radius 2 is 1.67 bits per heavy atom. The number of carbonyl (C=O) groups excluding carboxylic acids is 1. The first-order chi connectivity index (χ1) is 13.1. The second kappa shape index (κ2) is 8.36. The number of rotatable bonds is 6. The number of pyridine rings is 1. The lowest BCUT2D eigenvalue weighted by molar-refractivity contribution is 0.102. The van der Waals surface area contributed by atoms with Crippen LogP contribution >= 0.6 is 0 Å². The second-order valence-electron chi connectivity index (χ2n) is 6.48. The van der Waals surface area contributed by atoms with Gasteiger partial charge in [0.05, 0.1) is 19.0 Å². The van der Waals surface area contributed by atoms with Gasteiger partial charge in [-0.05, 0) is 53.9 Å². The highest BCUT2D eigenvalue weighted by Gasteiger charge is 2.09. The van der Waals surface area contributed by atoms with Crippen molar-refractivity contribution in [3.05, 3.63) is 78.1 Å². The van der Waals surface area contributed by atoms with Crippen LogP contribution in [0.2, 0.25) is 0 Å². The smallest absolute Gasteiger partial charge is 0.274 e. The third-order valence-corrected chi connectivity index (χ3v) is 4.21. The molecule has 2 aromatic carbocycles. The minimum Gasteiger partial charge on any atom is -0.497 e. The predicted molar refractivity (Wildman–Crippen MR) is 109 cm³/mol. The molecule has 0 aliphatic carbocycles. The lowest BCUT2D eigenvalue weighted by Gasteiger charge is -2.14. The van der Waals surface area contributed by atoms with Gasteiger partial charge in [-0.1, -0.05) is 32.0 Å². The molecule has 3 rings (SSSR count). The molecule has 0 fully saturated rings. The number of aromatic nitrogens is 1. The van der Waals surface area contributed by atoms with Gasteiger partial charge in [0.15, 0.2) is 0 Å². The van der Waals surface area contributed by atoms with Crippen molar-refractivity contribution in [2.75, 3.05) is 17.7 Å². The van der Waals surface area contributed by atoms with E-state index in [0.29, 0.717) is 17.3 Å². The molecule has 0 bridgehead atoms. The third kappa shape index (κ3) is 4.64. The summed E-state index contributed by atoms with van der Waals surface area (Å²) >= 11 is 0. The summed E-state index contributed by atoms with van der Waals surface area (Å²) in [5, 5.41) is 6.20. The Morgan fingerprint density at radius 1 is 0.963 bits per heavy atom. The Bertz CT molecular complexity index is 904. The van der Waals surface area contributed by atoms with Gasteiger partial charge in [-0.25, -0.2) is 4.98 Å². The molecule has 138 valence electrons. The van der Waals surface area contributed by atoms with E-state index in [1.165, 1.54) is 5.56 Å². The highest BCUT2D eigenvalue weighted by molar-refractivity contribution is 6.03. The van der Waals surface area contributed by atoms with Crippen molar-refractivity contribution in [1.82, 2.24) is 4.98 Å². The van der Waals surface area contributed by atoms with Crippen LogP contribution in [0.1, 0.15) is 35.8 Å². The summed E-state index contributed by atoms with van der Waals surface area (Å²) in [6, 6.07) is 18.9. The maximum Gasteiger partial charge on any atom is 0.274 e. The van der Waals surface area contributed by atoms with Gasteiger partial charge in [-0.15, -0.1) is 0 Å². The van der Waals surface area contributed by atoms with Crippen LogP contribution in [0.5, 0.6) is 5.75 Å². The fourth-order valence-corrected chi connectivity index (χ4v) is 2.74. The van der Waals surface area contributed by atoms with E-state index >= 15 is 0 Å².